The lowest BCUT2D eigenvalue weighted by molar-refractivity contribution is -0.143. The zero-order valence-electron chi connectivity index (χ0n) is 16.0. The molecule has 1 aromatic rings. The van der Waals surface area contributed by atoms with E-state index in [9.17, 15) is 10.1 Å². The Bertz CT molecular complexity index is 816. The third-order valence-electron chi connectivity index (χ3n) is 4.18. The molecule has 0 radical (unpaired) electrons. The predicted octanol–water partition coefficient (Wildman–Crippen LogP) is 3.41. The van der Waals surface area contributed by atoms with Gasteiger partial charge in [-0.2, -0.15) is 5.26 Å². The van der Waals surface area contributed by atoms with Crippen molar-refractivity contribution in [1.29, 1.82) is 5.26 Å². The van der Waals surface area contributed by atoms with Gasteiger partial charge < -0.3 is 19.5 Å². The fraction of sp³-hybridized carbons (Fsp3) is 0.400. The van der Waals surface area contributed by atoms with Gasteiger partial charge in [-0.15, -0.1) is 0 Å². The summed E-state index contributed by atoms with van der Waals surface area (Å²) >= 11 is 0. The first kappa shape index (κ1) is 19.4. The van der Waals surface area contributed by atoms with Crippen LogP contribution in [0.2, 0.25) is 0 Å². The van der Waals surface area contributed by atoms with Gasteiger partial charge in [0.25, 0.3) is 0 Å². The lowest BCUT2D eigenvalue weighted by Gasteiger charge is -2.29. The molecule has 0 bridgehead atoms. The number of methoxy groups -OCH3 is 2. The summed E-state index contributed by atoms with van der Waals surface area (Å²) in [4.78, 5) is 12.7. The van der Waals surface area contributed by atoms with Crippen LogP contribution in [-0.4, -0.2) is 26.3 Å². The molecule has 1 aliphatic heterocycles. The van der Waals surface area contributed by atoms with E-state index in [1.807, 2.05) is 19.9 Å². The van der Waals surface area contributed by atoms with E-state index in [0.717, 1.165) is 5.56 Å². The average molecular weight is 356 g/mol. The van der Waals surface area contributed by atoms with Crippen LogP contribution in [0.25, 0.3) is 0 Å². The largest absolute Gasteiger partial charge is 0.493 e. The summed E-state index contributed by atoms with van der Waals surface area (Å²) in [7, 11) is 3.10. The Labute approximate surface area is 154 Å². The Hall–Kier alpha value is -2.94. The molecule has 1 aromatic carbocycles. The van der Waals surface area contributed by atoms with Crippen molar-refractivity contribution in [3.05, 3.63) is 46.3 Å². The molecular weight excluding hydrogens is 332 g/mol. The smallest absolute Gasteiger partial charge is 0.337 e. The molecule has 0 fully saturated rings. The number of hydrogen-bond donors (Lipinski definition) is 1. The number of esters is 1. The Balaban J connectivity index is 2.63. The number of nitrogens with zero attached hydrogens (tertiary/aromatic N) is 1. The van der Waals surface area contributed by atoms with Crippen LogP contribution in [0, 0.1) is 11.3 Å². The van der Waals surface area contributed by atoms with E-state index in [4.69, 9.17) is 14.2 Å². The molecule has 138 valence electrons. The number of carbonyl (C=O) groups excluding carboxylic acids is 1. The Morgan fingerprint density at radius 3 is 2.35 bits per heavy atom. The van der Waals surface area contributed by atoms with Crippen LogP contribution >= 0.6 is 0 Å². The molecule has 0 aromatic heterocycles. The first-order chi connectivity index (χ1) is 12.3. The van der Waals surface area contributed by atoms with Crippen LogP contribution < -0.4 is 14.8 Å². The van der Waals surface area contributed by atoms with E-state index in [1.54, 1.807) is 40.2 Å². The molecule has 1 N–H and O–H groups in total. The molecule has 1 heterocycles. The first-order valence-corrected chi connectivity index (χ1v) is 8.35. The minimum atomic E-state index is -0.535. The van der Waals surface area contributed by atoms with Crippen LogP contribution in [0.1, 0.15) is 39.2 Å². The Kier molecular flexibility index (Phi) is 5.93. The highest BCUT2D eigenvalue weighted by molar-refractivity contribution is 5.93. The Morgan fingerprint density at radius 1 is 1.15 bits per heavy atom. The van der Waals surface area contributed by atoms with Gasteiger partial charge in [-0.25, -0.2) is 4.79 Å². The zero-order valence-corrected chi connectivity index (χ0v) is 16.0. The first-order valence-electron chi connectivity index (χ1n) is 8.35. The fourth-order valence-electron chi connectivity index (χ4n) is 3.06. The molecule has 1 aliphatic rings. The minimum Gasteiger partial charge on any atom is -0.493 e. The number of nitriles is 1. The lowest BCUT2D eigenvalue weighted by Crippen LogP contribution is -2.29. The van der Waals surface area contributed by atoms with Crippen LogP contribution in [0.5, 0.6) is 11.5 Å². The third-order valence-corrected chi connectivity index (χ3v) is 4.18. The summed E-state index contributed by atoms with van der Waals surface area (Å²) in [6.45, 7) is 7.21. The van der Waals surface area contributed by atoms with Crippen LogP contribution in [0.15, 0.2) is 40.7 Å². The number of carbonyl (C=O) groups is 1. The van der Waals surface area contributed by atoms with E-state index in [1.165, 1.54) is 0 Å². The molecule has 0 aliphatic carbocycles. The van der Waals surface area contributed by atoms with Crippen molar-refractivity contribution >= 4 is 5.97 Å². The summed E-state index contributed by atoms with van der Waals surface area (Å²) in [5.41, 5.74) is 3.04. The Morgan fingerprint density at radius 2 is 1.81 bits per heavy atom. The highest BCUT2D eigenvalue weighted by Crippen LogP contribution is 2.41. The van der Waals surface area contributed by atoms with Crippen LogP contribution in [0.4, 0.5) is 0 Å². The second-order valence-electron chi connectivity index (χ2n) is 6.32. The van der Waals surface area contributed by atoms with E-state index in [2.05, 4.69) is 11.4 Å². The third kappa shape index (κ3) is 3.67. The van der Waals surface area contributed by atoms with Crippen molar-refractivity contribution in [3.8, 4) is 17.6 Å². The summed E-state index contributed by atoms with van der Waals surface area (Å²) < 4.78 is 16.1. The number of dihydropyridines is 1. The van der Waals surface area contributed by atoms with Gasteiger partial charge in [-0.1, -0.05) is 6.07 Å². The standard InChI is InChI=1S/C20H24N2O4/c1-11(2)26-20(23)18-13(4)22-12(3)15(10-21)19(18)14-7-8-16(24-5)17(9-14)25-6/h7-9,11,19,22H,1-6H3. The highest BCUT2D eigenvalue weighted by atomic mass is 16.5. The van der Waals surface area contributed by atoms with Gasteiger partial charge in [-0.05, 0) is 45.4 Å². The fourth-order valence-corrected chi connectivity index (χ4v) is 3.06. The van der Waals surface area contributed by atoms with Crippen molar-refractivity contribution in [2.24, 2.45) is 0 Å². The molecule has 2 rings (SSSR count). The van der Waals surface area contributed by atoms with E-state index in [-0.39, 0.29) is 6.10 Å². The van der Waals surface area contributed by atoms with Gasteiger partial charge in [-0.3, -0.25) is 0 Å². The van der Waals surface area contributed by atoms with Crippen molar-refractivity contribution < 1.29 is 19.0 Å². The molecular formula is C20H24N2O4. The van der Waals surface area contributed by atoms with Gasteiger partial charge >= 0.3 is 5.97 Å². The van der Waals surface area contributed by atoms with Gasteiger partial charge in [0, 0.05) is 11.4 Å². The van der Waals surface area contributed by atoms with Gasteiger partial charge in [0.15, 0.2) is 11.5 Å². The van der Waals surface area contributed by atoms with Crippen molar-refractivity contribution in [1.82, 2.24) is 5.32 Å². The van der Waals surface area contributed by atoms with Crippen LogP contribution in [0.3, 0.4) is 0 Å². The van der Waals surface area contributed by atoms with Gasteiger partial charge in [0.1, 0.15) is 0 Å². The van der Waals surface area contributed by atoms with E-state index < -0.39 is 11.9 Å². The number of nitrogens with one attached hydrogen (secondary N) is 1. The normalized spacial score (nSPS) is 16.9. The number of hydrogen-bond acceptors (Lipinski definition) is 6. The van der Waals surface area contributed by atoms with Crippen molar-refractivity contribution in [3.63, 3.8) is 0 Å². The summed E-state index contributed by atoms with van der Waals surface area (Å²) in [6.07, 6.45) is -0.258. The molecule has 6 nitrogen and oxygen atoms in total. The topological polar surface area (TPSA) is 80.6 Å². The SMILES string of the molecule is COc1ccc(C2C(C#N)=C(C)NC(C)=C2C(=O)OC(C)C)cc1OC. The number of rotatable bonds is 5. The number of allylic oxidation sites excluding steroid dienone is 3. The second kappa shape index (κ2) is 7.96. The molecule has 26 heavy (non-hydrogen) atoms. The zero-order chi connectivity index (χ0) is 19.4. The number of benzene rings is 1. The van der Waals surface area contributed by atoms with Gasteiger partial charge in [0.05, 0.1) is 43.5 Å². The monoisotopic (exact) mass is 356 g/mol. The highest BCUT2D eigenvalue weighted by Gasteiger charge is 2.35. The second-order valence-corrected chi connectivity index (χ2v) is 6.32. The van der Waals surface area contributed by atoms with Gasteiger partial charge in [0.2, 0.25) is 0 Å². The van der Waals surface area contributed by atoms with Crippen LogP contribution in [-0.2, 0) is 9.53 Å². The molecule has 0 amide bonds. The summed E-state index contributed by atoms with van der Waals surface area (Å²) in [6, 6.07) is 7.61. The average Bonchev–Trinajstić information content (AvgIpc) is 2.59. The number of ether oxygens (including phenoxy) is 3. The lowest BCUT2D eigenvalue weighted by atomic mass is 9.81. The van der Waals surface area contributed by atoms with E-state index >= 15 is 0 Å². The maximum atomic E-state index is 12.7. The molecule has 0 saturated carbocycles. The maximum absolute atomic E-state index is 12.7. The summed E-state index contributed by atoms with van der Waals surface area (Å²) in [5.74, 6) is 0.140. The molecule has 0 saturated heterocycles. The maximum Gasteiger partial charge on any atom is 0.337 e. The quantitative estimate of drug-likeness (QED) is 0.814. The molecule has 1 atom stereocenters. The molecule has 1 unspecified atom stereocenters. The van der Waals surface area contributed by atoms with E-state index in [0.29, 0.717) is 34.0 Å². The molecule has 6 heteroatoms. The predicted molar refractivity (Wildman–Crippen MR) is 97.7 cm³/mol. The molecule has 0 spiro atoms. The minimum absolute atomic E-state index is 0.258. The van der Waals surface area contributed by atoms with Crippen molar-refractivity contribution in [2.45, 2.75) is 39.7 Å². The summed E-state index contributed by atoms with van der Waals surface area (Å²) in [5, 5.41) is 12.8. The van der Waals surface area contributed by atoms with Crippen molar-refractivity contribution in [2.75, 3.05) is 14.2 Å².